The molecule has 2 heterocycles. The van der Waals surface area contributed by atoms with Gasteiger partial charge < -0.3 is 5.32 Å². The summed E-state index contributed by atoms with van der Waals surface area (Å²) in [5.41, 5.74) is 4.55. The van der Waals surface area contributed by atoms with E-state index in [1.807, 2.05) is 0 Å². The maximum Gasteiger partial charge on any atom is 0.0233 e. The van der Waals surface area contributed by atoms with E-state index in [1.165, 1.54) is 37.1 Å². The molecule has 15 heavy (non-hydrogen) atoms. The van der Waals surface area contributed by atoms with Gasteiger partial charge in [0.05, 0.1) is 0 Å². The maximum absolute atomic E-state index is 3.41. The molecule has 1 fully saturated rings. The van der Waals surface area contributed by atoms with Crippen molar-refractivity contribution in [2.45, 2.75) is 25.9 Å². The highest BCUT2D eigenvalue weighted by atomic mass is 15.2. The van der Waals surface area contributed by atoms with Gasteiger partial charge in [-0.1, -0.05) is 18.2 Å². The number of hydrogen-bond donors (Lipinski definition) is 1. The summed E-state index contributed by atoms with van der Waals surface area (Å²) in [5.74, 6) is 0. The molecular formula is C13H18N2. The Morgan fingerprint density at radius 3 is 2.93 bits per heavy atom. The molecular weight excluding hydrogens is 184 g/mol. The van der Waals surface area contributed by atoms with E-state index in [1.54, 1.807) is 5.56 Å². The van der Waals surface area contributed by atoms with Gasteiger partial charge in [-0.3, -0.25) is 4.90 Å². The van der Waals surface area contributed by atoms with Gasteiger partial charge in [-0.25, -0.2) is 0 Å². The predicted octanol–water partition coefficient (Wildman–Crippen LogP) is 1.54. The Kier molecular flexibility index (Phi) is 2.47. The van der Waals surface area contributed by atoms with Gasteiger partial charge in [-0.05, 0) is 49.2 Å². The van der Waals surface area contributed by atoms with Gasteiger partial charge in [0, 0.05) is 13.1 Å². The van der Waals surface area contributed by atoms with E-state index in [-0.39, 0.29) is 0 Å². The van der Waals surface area contributed by atoms with Crippen molar-refractivity contribution >= 4 is 0 Å². The smallest absolute Gasteiger partial charge is 0.0233 e. The van der Waals surface area contributed by atoms with Crippen molar-refractivity contribution in [1.82, 2.24) is 10.2 Å². The van der Waals surface area contributed by atoms with E-state index < -0.39 is 0 Å². The monoisotopic (exact) mass is 202 g/mol. The Balaban J connectivity index is 1.77. The van der Waals surface area contributed by atoms with Crippen molar-refractivity contribution in [3.63, 3.8) is 0 Å². The Bertz CT molecular complexity index is 356. The molecule has 1 saturated heterocycles. The normalized spacial score (nSPS) is 20.8. The van der Waals surface area contributed by atoms with Crippen LogP contribution in [0, 0.1) is 0 Å². The molecule has 0 bridgehead atoms. The van der Waals surface area contributed by atoms with E-state index in [0.29, 0.717) is 0 Å². The summed E-state index contributed by atoms with van der Waals surface area (Å²) in [6.45, 7) is 5.93. The molecule has 0 radical (unpaired) electrons. The zero-order valence-electron chi connectivity index (χ0n) is 9.13. The van der Waals surface area contributed by atoms with Gasteiger partial charge in [-0.2, -0.15) is 0 Å². The van der Waals surface area contributed by atoms with Crippen LogP contribution in [0.15, 0.2) is 18.2 Å². The summed E-state index contributed by atoms with van der Waals surface area (Å²) in [6, 6.07) is 7.01. The number of benzene rings is 1. The Morgan fingerprint density at radius 2 is 2.13 bits per heavy atom. The average molecular weight is 202 g/mol. The number of nitrogens with zero attached hydrogens (tertiary/aromatic N) is 1. The summed E-state index contributed by atoms with van der Waals surface area (Å²) < 4.78 is 0. The lowest BCUT2D eigenvalue weighted by atomic mass is 9.98. The molecule has 0 aromatic heterocycles. The summed E-state index contributed by atoms with van der Waals surface area (Å²) in [6.07, 6.45) is 2.58. The minimum absolute atomic E-state index is 1.05. The lowest BCUT2D eigenvalue weighted by Gasteiger charge is -2.31. The first-order valence-electron chi connectivity index (χ1n) is 5.95. The Morgan fingerprint density at radius 1 is 1.20 bits per heavy atom. The molecule has 0 atom stereocenters. The van der Waals surface area contributed by atoms with Gasteiger partial charge in [0.1, 0.15) is 0 Å². The van der Waals surface area contributed by atoms with Gasteiger partial charge in [0.25, 0.3) is 0 Å². The second-order valence-corrected chi connectivity index (χ2v) is 4.66. The van der Waals surface area contributed by atoms with Crippen molar-refractivity contribution in [1.29, 1.82) is 0 Å². The average Bonchev–Trinajstić information content (AvgIpc) is 2.23. The van der Waals surface area contributed by atoms with Crippen molar-refractivity contribution in [2.24, 2.45) is 0 Å². The SMILES string of the molecule is c1cc2c(cc1CN1CCC1)CCNC2. The third-order valence-electron chi connectivity index (χ3n) is 3.51. The fourth-order valence-corrected chi connectivity index (χ4v) is 2.43. The predicted molar refractivity (Wildman–Crippen MR) is 61.7 cm³/mol. The fraction of sp³-hybridized carbons (Fsp3) is 0.538. The van der Waals surface area contributed by atoms with Crippen molar-refractivity contribution in [3.05, 3.63) is 34.9 Å². The van der Waals surface area contributed by atoms with Crippen LogP contribution in [0.1, 0.15) is 23.1 Å². The molecule has 80 valence electrons. The largest absolute Gasteiger partial charge is 0.312 e. The number of hydrogen-bond acceptors (Lipinski definition) is 2. The van der Waals surface area contributed by atoms with Crippen molar-refractivity contribution in [3.8, 4) is 0 Å². The molecule has 1 N–H and O–H groups in total. The van der Waals surface area contributed by atoms with Crippen LogP contribution in [-0.4, -0.2) is 24.5 Å². The summed E-state index contributed by atoms with van der Waals surface area (Å²) >= 11 is 0. The van der Waals surface area contributed by atoms with E-state index in [4.69, 9.17) is 0 Å². The zero-order chi connectivity index (χ0) is 10.1. The van der Waals surface area contributed by atoms with Crippen molar-refractivity contribution < 1.29 is 0 Å². The molecule has 3 rings (SSSR count). The molecule has 2 nitrogen and oxygen atoms in total. The Hall–Kier alpha value is -0.860. The molecule has 2 aliphatic rings. The van der Waals surface area contributed by atoms with E-state index >= 15 is 0 Å². The van der Waals surface area contributed by atoms with Gasteiger partial charge in [-0.15, -0.1) is 0 Å². The highest BCUT2D eigenvalue weighted by Gasteiger charge is 2.15. The molecule has 2 aliphatic heterocycles. The van der Waals surface area contributed by atoms with Crippen LogP contribution >= 0.6 is 0 Å². The van der Waals surface area contributed by atoms with E-state index in [2.05, 4.69) is 28.4 Å². The summed E-state index contributed by atoms with van der Waals surface area (Å²) in [7, 11) is 0. The van der Waals surface area contributed by atoms with E-state index in [9.17, 15) is 0 Å². The van der Waals surface area contributed by atoms with E-state index in [0.717, 1.165) is 19.6 Å². The van der Waals surface area contributed by atoms with Crippen LogP contribution in [0.4, 0.5) is 0 Å². The van der Waals surface area contributed by atoms with Crippen LogP contribution in [0.5, 0.6) is 0 Å². The first kappa shape index (κ1) is 9.37. The molecule has 1 aromatic carbocycles. The Labute approximate surface area is 91.3 Å². The quantitative estimate of drug-likeness (QED) is 0.782. The molecule has 0 unspecified atom stereocenters. The van der Waals surface area contributed by atoms with Crippen LogP contribution in [0.3, 0.4) is 0 Å². The second-order valence-electron chi connectivity index (χ2n) is 4.66. The minimum atomic E-state index is 1.05. The first-order chi connectivity index (χ1) is 7.42. The molecule has 0 saturated carbocycles. The number of nitrogens with one attached hydrogen (secondary N) is 1. The van der Waals surface area contributed by atoms with Crippen LogP contribution < -0.4 is 5.32 Å². The van der Waals surface area contributed by atoms with Gasteiger partial charge in [0.2, 0.25) is 0 Å². The maximum atomic E-state index is 3.41. The van der Waals surface area contributed by atoms with Gasteiger partial charge in [0.15, 0.2) is 0 Å². The lowest BCUT2D eigenvalue weighted by molar-refractivity contribution is 0.172. The molecule has 0 aliphatic carbocycles. The molecule has 2 heteroatoms. The van der Waals surface area contributed by atoms with Gasteiger partial charge >= 0.3 is 0 Å². The first-order valence-corrected chi connectivity index (χ1v) is 5.95. The summed E-state index contributed by atoms with van der Waals surface area (Å²) in [5, 5.41) is 3.41. The van der Waals surface area contributed by atoms with Crippen LogP contribution in [0.25, 0.3) is 0 Å². The highest BCUT2D eigenvalue weighted by Crippen LogP contribution is 2.18. The summed E-state index contributed by atoms with van der Waals surface area (Å²) in [4.78, 5) is 2.52. The molecule has 1 aromatic rings. The molecule has 0 spiro atoms. The molecule has 0 amide bonds. The third kappa shape index (κ3) is 1.92. The lowest BCUT2D eigenvalue weighted by Crippen LogP contribution is -2.36. The third-order valence-corrected chi connectivity index (χ3v) is 3.51. The topological polar surface area (TPSA) is 15.3 Å². The number of fused-ring (bicyclic) bond motifs is 1. The number of rotatable bonds is 2. The second kappa shape index (κ2) is 3.95. The fourth-order valence-electron chi connectivity index (χ4n) is 2.43. The van der Waals surface area contributed by atoms with Crippen LogP contribution in [0.2, 0.25) is 0 Å². The number of likely N-dealkylation sites (tertiary alicyclic amines) is 1. The zero-order valence-corrected chi connectivity index (χ0v) is 9.13. The standard InChI is InChI=1S/C13H18N2/c1-6-15(7-1)10-11-2-3-13-9-14-5-4-12(13)8-11/h2-3,8,14H,1,4-7,9-10H2. The minimum Gasteiger partial charge on any atom is -0.312 e. The van der Waals surface area contributed by atoms with Crippen LogP contribution in [-0.2, 0) is 19.5 Å². The highest BCUT2D eigenvalue weighted by molar-refractivity contribution is 5.33. The van der Waals surface area contributed by atoms with Crippen molar-refractivity contribution in [2.75, 3.05) is 19.6 Å².